The van der Waals surface area contributed by atoms with Gasteiger partial charge in [0.25, 0.3) is 0 Å². The van der Waals surface area contributed by atoms with Crippen molar-refractivity contribution in [2.45, 2.75) is 44.0 Å². The third-order valence-electron chi connectivity index (χ3n) is 3.66. The van der Waals surface area contributed by atoms with Gasteiger partial charge in [-0.3, -0.25) is 10.00 Å². The molecule has 1 saturated heterocycles. The van der Waals surface area contributed by atoms with Crippen LogP contribution in [0.5, 0.6) is 0 Å². The van der Waals surface area contributed by atoms with Crippen LogP contribution in [0.3, 0.4) is 0 Å². The molecule has 0 aliphatic carbocycles. The van der Waals surface area contributed by atoms with E-state index in [0.717, 1.165) is 13.1 Å². The first kappa shape index (κ1) is 14.5. The van der Waals surface area contributed by atoms with E-state index in [2.05, 4.69) is 26.7 Å². The Morgan fingerprint density at radius 1 is 1.42 bits per heavy atom. The van der Waals surface area contributed by atoms with Gasteiger partial charge >= 0.3 is 0 Å². The lowest BCUT2D eigenvalue weighted by Gasteiger charge is -2.32. The standard InChI is InChI=1S/C12H22N4O2S/c1-10(16-6-4-3-5-7-16)8-14-19(17,18)12-9-13-15-11(12)2/h9-10,14H,3-8H2,1-2H3,(H,13,15). The quantitative estimate of drug-likeness (QED) is 0.842. The van der Waals surface area contributed by atoms with Crippen molar-refractivity contribution in [3.05, 3.63) is 11.9 Å². The highest BCUT2D eigenvalue weighted by Crippen LogP contribution is 2.13. The minimum atomic E-state index is -3.45. The number of likely N-dealkylation sites (tertiary alicyclic amines) is 1. The summed E-state index contributed by atoms with van der Waals surface area (Å²) in [5.74, 6) is 0. The summed E-state index contributed by atoms with van der Waals surface area (Å²) in [7, 11) is -3.45. The van der Waals surface area contributed by atoms with E-state index in [1.807, 2.05) is 0 Å². The predicted molar refractivity (Wildman–Crippen MR) is 73.4 cm³/mol. The van der Waals surface area contributed by atoms with Crippen LogP contribution in [0.2, 0.25) is 0 Å². The van der Waals surface area contributed by atoms with Gasteiger partial charge in [-0.15, -0.1) is 0 Å². The van der Waals surface area contributed by atoms with Crippen molar-refractivity contribution in [3.8, 4) is 0 Å². The second-order valence-corrected chi connectivity index (χ2v) is 6.89. The number of piperidine rings is 1. The topological polar surface area (TPSA) is 78.1 Å². The Morgan fingerprint density at radius 3 is 2.68 bits per heavy atom. The van der Waals surface area contributed by atoms with E-state index in [0.29, 0.717) is 12.2 Å². The van der Waals surface area contributed by atoms with Crippen molar-refractivity contribution in [1.29, 1.82) is 0 Å². The van der Waals surface area contributed by atoms with Gasteiger partial charge in [0.1, 0.15) is 4.90 Å². The van der Waals surface area contributed by atoms with E-state index < -0.39 is 10.0 Å². The van der Waals surface area contributed by atoms with Crippen LogP contribution < -0.4 is 4.72 Å². The first-order chi connectivity index (χ1) is 9.00. The van der Waals surface area contributed by atoms with E-state index in [9.17, 15) is 8.42 Å². The van der Waals surface area contributed by atoms with Crippen molar-refractivity contribution in [2.75, 3.05) is 19.6 Å². The maximum atomic E-state index is 12.1. The number of aromatic nitrogens is 2. The average Bonchev–Trinajstić information content (AvgIpc) is 2.84. The molecule has 1 aromatic rings. The molecule has 1 atom stereocenters. The van der Waals surface area contributed by atoms with Gasteiger partial charge in [0.2, 0.25) is 10.0 Å². The monoisotopic (exact) mass is 286 g/mol. The third-order valence-corrected chi connectivity index (χ3v) is 5.19. The summed E-state index contributed by atoms with van der Waals surface area (Å²) < 4.78 is 26.9. The lowest BCUT2D eigenvalue weighted by atomic mass is 10.1. The third kappa shape index (κ3) is 3.55. The Bertz CT molecular complexity index is 506. The number of sulfonamides is 1. The summed E-state index contributed by atoms with van der Waals surface area (Å²) in [5.41, 5.74) is 0.568. The molecule has 1 aliphatic rings. The average molecular weight is 286 g/mol. The number of nitrogens with one attached hydrogen (secondary N) is 2. The van der Waals surface area contributed by atoms with Crippen LogP contribution in [-0.4, -0.2) is 49.2 Å². The minimum Gasteiger partial charge on any atom is -0.299 e. The van der Waals surface area contributed by atoms with Gasteiger partial charge < -0.3 is 0 Å². The molecule has 2 rings (SSSR count). The number of hydrogen-bond acceptors (Lipinski definition) is 4. The molecule has 0 amide bonds. The van der Waals surface area contributed by atoms with Crippen LogP contribution >= 0.6 is 0 Å². The maximum absolute atomic E-state index is 12.1. The van der Waals surface area contributed by atoms with Crippen molar-refractivity contribution in [2.24, 2.45) is 0 Å². The fourth-order valence-electron chi connectivity index (χ4n) is 2.41. The fourth-order valence-corrected chi connectivity index (χ4v) is 3.66. The highest BCUT2D eigenvalue weighted by Gasteiger charge is 2.22. The molecule has 7 heteroatoms. The molecule has 0 spiro atoms. The second-order valence-electron chi connectivity index (χ2n) is 5.16. The summed E-state index contributed by atoms with van der Waals surface area (Å²) in [6.07, 6.45) is 5.04. The maximum Gasteiger partial charge on any atom is 0.244 e. The number of rotatable bonds is 5. The van der Waals surface area contributed by atoms with Crippen molar-refractivity contribution >= 4 is 10.0 Å². The van der Waals surface area contributed by atoms with Crippen LogP contribution in [0, 0.1) is 6.92 Å². The van der Waals surface area contributed by atoms with Crippen LogP contribution in [0.1, 0.15) is 31.9 Å². The first-order valence-electron chi connectivity index (χ1n) is 6.74. The molecule has 0 bridgehead atoms. The Hall–Kier alpha value is -0.920. The Kier molecular flexibility index (Phi) is 4.59. The summed E-state index contributed by atoms with van der Waals surface area (Å²) >= 11 is 0. The molecule has 0 saturated carbocycles. The predicted octanol–water partition coefficient (Wildman–Crippen LogP) is 0.871. The number of nitrogens with zero attached hydrogens (tertiary/aromatic N) is 2. The summed E-state index contributed by atoms with van der Waals surface area (Å²) in [6, 6.07) is 0.224. The van der Waals surface area contributed by atoms with Gasteiger partial charge in [-0.25, -0.2) is 13.1 Å². The summed E-state index contributed by atoms with van der Waals surface area (Å²) in [5, 5.41) is 6.40. The van der Waals surface area contributed by atoms with Crippen LogP contribution in [-0.2, 0) is 10.0 Å². The zero-order valence-corrected chi connectivity index (χ0v) is 12.3. The largest absolute Gasteiger partial charge is 0.299 e. The zero-order valence-electron chi connectivity index (χ0n) is 11.5. The Labute approximate surface area is 114 Å². The smallest absolute Gasteiger partial charge is 0.244 e. The lowest BCUT2D eigenvalue weighted by Crippen LogP contribution is -2.44. The molecule has 19 heavy (non-hydrogen) atoms. The molecule has 2 N–H and O–H groups in total. The molecule has 1 aromatic heterocycles. The first-order valence-corrected chi connectivity index (χ1v) is 8.23. The molecule has 6 nitrogen and oxygen atoms in total. The lowest BCUT2D eigenvalue weighted by molar-refractivity contribution is 0.175. The number of aromatic amines is 1. The van der Waals surface area contributed by atoms with Gasteiger partial charge in [-0.2, -0.15) is 5.10 Å². The number of hydrogen-bond donors (Lipinski definition) is 2. The highest BCUT2D eigenvalue weighted by atomic mass is 32.2. The number of H-pyrrole nitrogens is 1. The second kappa shape index (κ2) is 6.02. The van der Waals surface area contributed by atoms with Crippen molar-refractivity contribution in [1.82, 2.24) is 19.8 Å². The van der Waals surface area contributed by atoms with Gasteiger partial charge in [-0.05, 0) is 39.8 Å². The van der Waals surface area contributed by atoms with Crippen LogP contribution in [0.15, 0.2) is 11.1 Å². The molecule has 1 fully saturated rings. The van der Waals surface area contributed by atoms with Gasteiger partial charge in [0.15, 0.2) is 0 Å². The van der Waals surface area contributed by atoms with Gasteiger partial charge in [-0.1, -0.05) is 6.42 Å². The van der Waals surface area contributed by atoms with Crippen LogP contribution in [0.4, 0.5) is 0 Å². The van der Waals surface area contributed by atoms with E-state index in [1.54, 1.807) is 6.92 Å². The zero-order chi connectivity index (χ0) is 13.9. The van der Waals surface area contributed by atoms with E-state index in [-0.39, 0.29) is 10.9 Å². The summed E-state index contributed by atoms with van der Waals surface area (Å²) in [4.78, 5) is 2.58. The summed E-state index contributed by atoms with van der Waals surface area (Å²) in [6.45, 7) is 6.33. The van der Waals surface area contributed by atoms with Crippen LogP contribution in [0.25, 0.3) is 0 Å². The molecule has 1 aliphatic heterocycles. The van der Waals surface area contributed by atoms with Crippen molar-refractivity contribution in [3.63, 3.8) is 0 Å². The SMILES string of the molecule is Cc1[nH]ncc1S(=O)(=O)NCC(C)N1CCCCC1. The fraction of sp³-hybridized carbons (Fsp3) is 0.750. The normalized spacial score (nSPS) is 19.5. The molecule has 1 unspecified atom stereocenters. The van der Waals surface area contributed by atoms with E-state index >= 15 is 0 Å². The van der Waals surface area contributed by atoms with E-state index in [4.69, 9.17) is 0 Å². The molecule has 108 valence electrons. The van der Waals surface area contributed by atoms with Gasteiger partial charge in [0.05, 0.1) is 11.9 Å². The van der Waals surface area contributed by atoms with E-state index in [1.165, 1.54) is 25.5 Å². The molecular formula is C12H22N4O2S. The molecular weight excluding hydrogens is 264 g/mol. The van der Waals surface area contributed by atoms with Gasteiger partial charge in [0, 0.05) is 12.6 Å². The molecule has 2 heterocycles. The highest BCUT2D eigenvalue weighted by molar-refractivity contribution is 7.89. The minimum absolute atomic E-state index is 0.224. The molecule has 0 radical (unpaired) electrons. The van der Waals surface area contributed by atoms with Crippen molar-refractivity contribution < 1.29 is 8.42 Å². The Morgan fingerprint density at radius 2 is 2.11 bits per heavy atom. The number of aryl methyl sites for hydroxylation is 1. The Balaban J connectivity index is 1.92. The molecule has 0 aromatic carbocycles.